The molecule has 3 aromatic heterocycles. The fourth-order valence-electron chi connectivity index (χ4n) is 3.14. The smallest absolute Gasteiger partial charge is 0.223 e. The molecule has 3 aromatic rings. The van der Waals surface area contributed by atoms with Gasteiger partial charge in [0.05, 0.1) is 23.6 Å². The number of amides is 1. The van der Waals surface area contributed by atoms with E-state index in [0.29, 0.717) is 16.6 Å². The van der Waals surface area contributed by atoms with Crippen LogP contribution in [-0.4, -0.2) is 39.3 Å². The summed E-state index contributed by atoms with van der Waals surface area (Å²) in [6, 6.07) is 5.76. The number of likely N-dealkylation sites (N-methyl/N-ethyl adjacent to an activating group) is 1. The predicted molar refractivity (Wildman–Crippen MR) is 106 cm³/mol. The monoisotopic (exact) mass is 381 g/mol. The van der Waals surface area contributed by atoms with Gasteiger partial charge in [-0.25, -0.2) is 9.97 Å². The minimum atomic E-state index is -0.0667. The average molecular weight is 381 g/mol. The zero-order chi connectivity index (χ0) is 19.0. The molecule has 1 atom stereocenters. The van der Waals surface area contributed by atoms with Gasteiger partial charge in [0.25, 0.3) is 0 Å². The van der Waals surface area contributed by atoms with Crippen LogP contribution in [-0.2, 0) is 11.2 Å². The molecule has 0 spiro atoms. The number of nitrogens with one attached hydrogen (secondary N) is 1. The standard InChI is InChI=1S/C18H19N7OS/c1-11(26)24(2)13-5-4-7-20-16(13)21-18-22-17(23-27-18)14-9-12-6-8-19-10-15(12)25(14)3/h4-8,10,14H,9H2,1-3H3,(H,20,21,22,23). The second kappa shape index (κ2) is 6.92. The van der Waals surface area contributed by atoms with E-state index in [4.69, 9.17) is 0 Å². The van der Waals surface area contributed by atoms with Crippen molar-refractivity contribution in [2.24, 2.45) is 0 Å². The van der Waals surface area contributed by atoms with Gasteiger partial charge < -0.3 is 15.1 Å². The Labute approximate surface area is 161 Å². The van der Waals surface area contributed by atoms with E-state index < -0.39 is 0 Å². The molecule has 0 saturated carbocycles. The number of rotatable bonds is 4. The zero-order valence-corrected chi connectivity index (χ0v) is 16.1. The Morgan fingerprint density at radius 1 is 1.37 bits per heavy atom. The van der Waals surface area contributed by atoms with Crippen LogP contribution in [0, 0.1) is 0 Å². The highest BCUT2D eigenvalue weighted by Crippen LogP contribution is 2.38. The first-order valence-electron chi connectivity index (χ1n) is 8.50. The SMILES string of the molecule is CC(=O)N(C)c1cccnc1Nc1nc(C2Cc3ccncc3N2C)ns1. The maximum absolute atomic E-state index is 11.7. The Kier molecular flexibility index (Phi) is 4.44. The molecule has 0 saturated heterocycles. The summed E-state index contributed by atoms with van der Waals surface area (Å²) in [5.41, 5.74) is 3.05. The summed E-state index contributed by atoms with van der Waals surface area (Å²) in [5, 5.41) is 3.84. The number of hydrogen-bond donors (Lipinski definition) is 1. The number of nitrogens with zero attached hydrogens (tertiary/aromatic N) is 6. The second-order valence-corrected chi connectivity index (χ2v) is 7.12. The van der Waals surface area contributed by atoms with E-state index in [2.05, 4.69) is 29.5 Å². The molecule has 8 nitrogen and oxygen atoms in total. The van der Waals surface area contributed by atoms with Gasteiger partial charge in [-0.05, 0) is 23.8 Å². The molecule has 27 heavy (non-hydrogen) atoms. The number of aromatic nitrogens is 4. The lowest BCUT2D eigenvalue weighted by molar-refractivity contribution is -0.116. The third kappa shape index (κ3) is 3.21. The van der Waals surface area contributed by atoms with Gasteiger partial charge in [0.15, 0.2) is 11.6 Å². The van der Waals surface area contributed by atoms with E-state index in [1.807, 2.05) is 31.6 Å². The summed E-state index contributed by atoms with van der Waals surface area (Å²) in [6.07, 6.45) is 6.21. The van der Waals surface area contributed by atoms with Gasteiger partial charge in [-0.15, -0.1) is 0 Å². The molecule has 138 valence electrons. The van der Waals surface area contributed by atoms with Gasteiger partial charge in [0.1, 0.15) is 0 Å². The molecule has 1 aliphatic rings. The molecule has 0 aliphatic carbocycles. The maximum atomic E-state index is 11.7. The number of carbonyl (C=O) groups is 1. The summed E-state index contributed by atoms with van der Waals surface area (Å²) >= 11 is 1.28. The molecule has 4 rings (SSSR count). The largest absolute Gasteiger partial charge is 0.362 e. The molecule has 1 N–H and O–H groups in total. The molecule has 1 aliphatic heterocycles. The van der Waals surface area contributed by atoms with Crippen molar-refractivity contribution < 1.29 is 4.79 Å². The van der Waals surface area contributed by atoms with Crippen LogP contribution in [0.4, 0.5) is 22.3 Å². The number of pyridine rings is 2. The van der Waals surface area contributed by atoms with E-state index in [1.165, 1.54) is 24.0 Å². The molecular weight excluding hydrogens is 362 g/mol. The van der Waals surface area contributed by atoms with Crippen LogP contribution in [0.3, 0.4) is 0 Å². The van der Waals surface area contributed by atoms with E-state index >= 15 is 0 Å². The van der Waals surface area contributed by atoms with E-state index in [9.17, 15) is 4.79 Å². The van der Waals surface area contributed by atoms with Crippen LogP contribution < -0.4 is 15.1 Å². The average Bonchev–Trinajstić information content (AvgIpc) is 3.26. The summed E-state index contributed by atoms with van der Waals surface area (Å²) in [5.74, 6) is 1.27. The van der Waals surface area contributed by atoms with E-state index in [0.717, 1.165) is 17.9 Å². The summed E-state index contributed by atoms with van der Waals surface area (Å²) in [6.45, 7) is 1.52. The first-order chi connectivity index (χ1) is 13.0. The van der Waals surface area contributed by atoms with Crippen LogP contribution in [0.15, 0.2) is 36.8 Å². The lowest BCUT2D eigenvalue weighted by Crippen LogP contribution is -2.24. The van der Waals surface area contributed by atoms with Crippen LogP contribution in [0.2, 0.25) is 0 Å². The molecule has 9 heteroatoms. The van der Waals surface area contributed by atoms with Crippen LogP contribution >= 0.6 is 11.5 Å². The molecule has 0 aromatic carbocycles. The molecule has 4 heterocycles. The third-order valence-corrected chi connectivity index (χ3v) is 5.38. The lowest BCUT2D eigenvalue weighted by Gasteiger charge is -2.19. The number of anilines is 4. The van der Waals surface area contributed by atoms with Crippen LogP contribution in [0.5, 0.6) is 0 Å². The molecule has 1 amide bonds. The Morgan fingerprint density at radius 3 is 3.00 bits per heavy atom. The first kappa shape index (κ1) is 17.3. The minimum absolute atomic E-state index is 0.0667. The second-order valence-electron chi connectivity index (χ2n) is 6.37. The predicted octanol–water partition coefficient (Wildman–Crippen LogP) is 2.79. The summed E-state index contributed by atoms with van der Waals surface area (Å²) in [4.78, 5) is 28.6. The Balaban J connectivity index is 1.56. The van der Waals surface area contributed by atoms with E-state index in [1.54, 1.807) is 24.2 Å². The quantitative estimate of drug-likeness (QED) is 0.743. The van der Waals surface area contributed by atoms with Crippen molar-refractivity contribution >= 4 is 39.8 Å². The normalized spacial score (nSPS) is 15.5. The highest BCUT2D eigenvalue weighted by molar-refractivity contribution is 7.09. The third-order valence-electron chi connectivity index (χ3n) is 4.73. The van der Waals surface area contributed by atoms with Gasteiger partial charge in [-0.2, -0.15) is 4.37 Å². The van der Waals surface area contributed by atoms with Crippen molar-refractivity contribution in [2.45, 2.75) is 19.4 Å². The van der Waals surface area contributed by atoms with Gasteiger partial charge >= 0.3 is 0 Å². The highest BCUT2D eigenvalue weighted by Gasteiger charge is 2.30. The topological polar surface area (TPSA) is 87.1 Å². The maximum Gasteiger partial charge on any atom is 0.223 e. The number of hydrogen-bond acceptors (Lipinski definition) is 8. The van der Waals surface area contributed by atoms with E-state index in [-0.39, 0.29) is 11.9 Å². The van der Waals surface area contributed by atoms with Crippen molar-refractivity contribution in [3.63, 3.8) is 0 Å². The lowest BCUT2D eigenvalue weighted by atomic mass is 10.1. The highest BCUT2D eigenvalue weighted by atomic mass is 32.1. The number of fused-ring (bicyclic) bond motifs is 1. The van der Waals surface area contributed by atoms with Crippen LogP contribution in [0.25, 0.3) is 0 Å². The van der Waals surface area contributed by atoms with Crippen molar-refractivity contribution in [3.8, 4) is 0 Å². The van der Waals surface area contributed by atoms with Crippen molar-refractivity contribution in [2.75, 3.05) is 29.2 Å². The Hall–Kier alpha value is -3.07. The summed E-state index contributed by atoms with van der Waals surface area (Å²) < 4.78 is 4.54. The molecular formula is C18H19N7OS. The molecule has 1 unspecified atom stereocenters. The Morgan fingerprint density at radius 2 is 2.22 bits per heavy atom. The van der Waals surface area contributed by atoms with Crippen molar-refractivity contribution in [1.29, 1.82) is 0 Å². The van der Waals surface area contributed by atoms with Crippen LogP contribution in [0.1, 0.15) is 24.4 Å². The van der Waals surface area contributed by atoms with Gasteiger partial charge in [-0.1, -0.05) is 0 Å². The van der Waals surface area contributed by atoms with Gasteiger partial charge in [0.2, 0.25) is 11.0 Å². The Bertz CT molecular complexity index is 989. The number of carbonyl (C=O) groups excluding carboxylic acids is 1. The van der Waals surface area contributed by atoms with Gasteiger partial charge in [0, 0.05) is 51.4 Å². The fraction of sp³-hybridized carbons (Fsp3) is 0.278. The van der Waals surface area contributed by atoms with Crippen molar-refractivity contribution in [1.82, 2.24) is 19.3 Å². The molecule has 0 fully saturated rings. The van der Waals surface area contributed by atoms with Crippen molar-refractivity contribution in [3.05, 3.63) is 48.2 Å². The molecule has 0 radical (unpaired) electrons. The summed E-state index contributed by atoms with van der Waals surface area (Å²) in [7, 11) is 3.75. The minimum Gasteiger partial charge on any atom is -0.362 e. The zero-order valence-electron chi connectivity index (χ0n) is 15.2. The fourth-order valence-corrected chi connectivity index (χ4v) is 3.76. The van der Waals surface area contributed by atoms with Gasteiger partial charge in [-0.3, -0.25) is 9.78 Å². The first-order valence-corrected chi connectivity index (χ1v) is 9.27. The molecule has 0 bridgehead atoms.